The zero-order chi connectivity index (χ0) is 12.0. The lowest BCUT2D eigenvalue weighted by Crippen LogP contribution is -2.30. The van der Waals surface area contributed by atoms with Gasteiger partial charge in [0.2, 0.25) is 0 Å². The maximum atomic E-state index is 3.70. The lowest BCUT2D eigenvalue weighted by atomic mass is 10.0. The molecule has 1 rings (SSSR count). The Labute approximate surface area is 100 Å². The van der Waals surface area contributed by atoms with Crippen LogP contribution in [0.3, 0.4) is 0 Å². The van der Waals surface area contributed by atoms with Crippen molar-refractivity contribution in [3.8, 4) is 0 Å². The van der Waals surface area contributed by atoms with E-state index in [-0.39, 0.29) is 0 Å². The molecule has 0 aliphatic heterocycles. The van der Waals surface area contributed by atoms with Gasteiger partial charge in [-0.15, -0.1) is 0 Å². The summed E-state index contributed by atoms with van der Waals surface area (Å²) < 4.78 is 0. The second-order valence-corrected chi connectivity index (χ2v) is 4.69. The highest BCUT2D eigenvalue weighted by atomic mass is 14.9. The van der Waals surface area contributed by atoms with E-state index in [1.807, 2.05) is 0 Å². The zero-order valence-electron chi connectivity index (χ0n) is 11.1. The fourth-order valence-corrected chi connectivity index (χ4v) is 2.06. The summed E-state index contributed by atoms with van der Waals surface area (Å²) in [6.45, 7) is 8.90. The predicted molar refractivity (Wildman–Crippen MR) is 71.7 cm³/mol. The quantitative estimate of drug-likeness (QED) is 0.755. The smallest absolute Gasteiger partial charge is 0.0294 e. The van der Waals surface area contributed by atoms with E-state index in [0.29, 0.717) is 12.1 Å². The van der Waals surface area contributed by atoms with Crippen LogP contribution in [0.5, 0.6) is 0 Å². The topological polar surface area (TPSA) is 12.0 Å². The molecule has 0 aromatic heterocycles. The van der Waals surface area contributed by atoms with Crippen molar-refractivity contribution >= 4 is 0 Å². The average Bonchev–Trinajstić information content (AvgIpc) is 2.29. The molecule has 1 aromatic rings. The second-order valence-electron chi connectivity index (χ2n) is 4.69. The molecule has 0 bridgehead atoms. The summed E-state index contributed by atoms with van der Waals surface area (Å²) >= 11 is 0. The lowest BCUT2D eigenvalue weighted by molar-refractivity contribution is 0.417. The minimum Gasteiger partial charge on any atom is -0.307 e. The molecule has 0 radical (unpaired) electrons. The highest BCUT2D eigenvalue weighted by Gasteiger charge is 2.10. The van der Waals surface area contributed by atoms with E-state index in [2.05, 4.69) is 57.3 Å². The zero-order valence-corrected chi connectivity index (χ0v) is 11.1. The van der Waals surface area contributed by atoms with Crippen LogP contribution in [-0.2, 0) is 0 Å². The highest BCUT2D eigenvalue weighted by Crippen LogP contribution is 2.15. The largest absolute Gasteiger partial charge is 0.307 e. The van der Waals surface area contributed by atoms with Crippen LogP contribution in [0, 0.1) is 6.92 Å². The number of hydrogen-bond donors (Lipinski definition) is 1. The molecule has 0 spiro atoms. The third kappa shape index (κ3) is 3.97. The fraction of sp³-hybridized carbons (Fsp3) is 0.600. The van der Waals surface area contributed by atoms with Crippen molar-refractivity contribution in [3.05, 3.63) is 35.4 Å². The van der Waals surface area contributed by atoms with Crippen LogP contribution in [0.1, 0.15) is 57.2 Å². The molecule has 1 N–H and O–H groups in total. The van der Waals surface area contributed by atoms with E-state index in [0.717, 1.165) is 0 Å². The predicted octanol–water partition coefficient (Wildman–Crippen LogP) is 4.22. The normalized spacial score (nSPS) is 14.8. The first-order valence-electron chi connectivity index (χ1n) is 6.50. The maximum Gasteiger partial charge on any atom is 0.0294 e. The molecule has 16 heavy (non-hydrogen) atoms. The van der Waals surface area contributed by atoms with Gasteiger partial charge in [0.15, 0.2) is 0 Å². The van der Waals surface area contributed by atoms with E-state index in [1.54, 1.807) is 0 Å². The van der Waals surface area contributed by atoms with Crippen molar-refractivity contribution in [2.45, 2.75) is 59.0 Å². The lowest BCUT2D eigenvalue weighted by Gasteiger charge is -2.22. The summed E-state index contributed by atoms with van der Waals surface area (Å²) in [5, 5.41) is 3.70. The molecular weight excluding hydrogens is 194 g/mol. The number of nitrogens with one attached hydrogen (secondary N) is 1. The van der Waals surface area contributed by atoms with Crippen molar-refractivity contribution in [2.75, 3.05) is 0 Å². The molecule has 0 fully saturated rings. The molecule has 0 saturated heterocycles. The highest BCUT2D eigenvalue weighted by molar-refractivity contribution is 5.23. The van der Waals surface area contributed by atoms with E-state index in [4.69, 9.17) is 0 Å². The molecule has 90 valence electrons. The van der Waals surface area contributed by atoms with Gasteiger partial charge in [-0.2, -0.15) is 0 Å². The summed E-state index contributed by atoms with van der Waals surface area (Å²) in [5.41, 5.74) is 2.72. The van der Waals surface area contributed by atoms with Gasteiger partial charge in [0, 0.05) is 12.1 Å². The van der Waals surface area contributed by atoms with Crippen LogP contribution in [0.4, 0.5) is 0 Å². The van der Waals surface area contributed by atoms with Crippen LogP contribution in [0.15, 0.2) is 24.3 Å². The second kappa shape index (κ2) is 6.70. The molecular formula is C15H25N. The summed E-state index contributed by atoms with van der Waals surface area (Å²) in [5.74, 6) is 0. The monoisotopic (exact) mass is 219 g/mol. The van der Waals surface area contributed by atoms with Gasteiger partial charge >= 0.3 is 0 Å². The summed E-state index contributed by atoms with van der Waals surface area (Å²) in [6.07, 6.45) is 3.74. The molecule has 0 aliphatic rings. The van der Waals surface area contributed by atoms with Crippen molar-refractivity contribution in [3.63, 3.8) is 0 Å². The van der Waals surface area contributed by atoms with E-state index in [9.17, 15) is 0 Å². The minimum atomic E-state index is 0.456. The molecule has 1 aromatic carbocycles. The molecule has 1 heteroatoms. The number of benzene rings is 1. The SMILES string of the molecule is CCCC(CC)NC(C)c1ccc(C)cc1. The summed E-state index contributed by atoms with van der Waals surface area (Å²) in [6, 6.07) is 9.94. The first-order chi connectivity index (χ1) is 7.67. The Hall–Kier alpha value is -0.820. The van der Waals surface area contributed by atoms with E-state index in [1.165, 1.54) is 30.4 Å². The van der Waals surface area contributed by atoms with Crippen LogP contribution >= 0.6 is 0 Å². The standard InChI is InChI=1S/C15H25N/c1-5-7-15(6-2)16-13(4)14-10-8-12(3)9-11-14/h8-11,13,15-16H,5-7H2,1-4H3. The van der Waals surface area contributed by atoms with Gasteiger partial charge in [-0.05, 0) is 32.3 Å². The van der Waals surface area contributed by atoms with Gasteiger partial charge in [-0.1, -0.05) is 50.1 Å². The Balaban J connectivity index is 2.56. The van der Waals surface area contributed by atoms with Gasteiger partial charge in [-0.25, -0.2) is 0 Å². The van der Waals surface area contributed by atoms with Crippen molar-refractivity contribution < 1.29 is 0 Å². The van der Waals surface area contributed by atoms with Crippen molar-refractivity contribution in [1.82, 2.24) is 5.32 Å². The fourth-order valence-electron chi connectivity index (χ4n) is 2.06. The first kappa shape index (κ1) is 13.2. The first-order valence-corrected chi connectivity index (χ1v) is 6.50. The molecule has 0 amide bonds. The van der Waals surface area contributed by atoms with E-state index >= 15 is 0 Å². The third-order valence-electron chi connectivity index (χ3n) is 3.19. The maximum absolute atomic E-state index is 3.70. The van der Waals surface area contributed by atoms with Crippen molar-refractivity contribution in [1.29, 1.82) is 0 Å². The minimum absolute atomic E-state index is 0.456. The van der Waals surface area contributed by atoms with Crippen molar-refractivity contribution in [2.24, 2.45) is 0 Å². The molecule has 0 aliphatic carbocycles. The summed E-state index contributed by atoms with van der Waals surface area (Å²) in [4.78, 5) is 0. The molecule has 2 atom stereocenters. The number of rotatable bonds is 6. The average molecular weight is 219 g/mol. The Morgan fingerprint density at radius 3 is 2.25 bits per heavy atom. The molecule has 1 nitrogen and oxygen atoms in total. The van der Waals surface area contributed by atoms with Gasteiger partial charge < -0.3 is 5.32 Å². The van der Waals surface area contributed by atoms with Gasteiger partial charge in [0.05, 0.1) is 0 Å². The van der Waals surface area contributed by atoms with Crippen LogP contribution < -0.4 is 5.32 Å². The number of aryl methyl sites for hydroxylation is 1. The molecule has 0 saturated carbocycles. The van der Waals surface area contributed by atoms with E-state index < -0.39 is 0 Å². The Morgan fingerprint density at radius 2 is 1.75 bits per heavy atom. The summed E-state index contributed by atoms with van der Waals surface area (Å²) in [7, 11) is 0. The van der Waals surface area contributed by atoms with Crippen LogP contribution in [0.2, 0.25) is 0 Å². The third-order valence-corrected chi connectivity index (χ3v) is 3.19. The Morgan fingerprint density at radius 1 is 1.12 bits per heavy atom. The number of hydrogen-bond acceptors (Lipinski definition) is 1. The van der Waals surface area contributed by atoms with Gasteiger partial charge in [0.25, 0.3) is 0 Å². The molecule has 2 unspecified atom stereocenters. The van der Waals surface area contributed by atoms with Gasteiger partial charge in [0.1, 0.15) is 0 Å². The molecule has 0 heterocycles. The Bertz CT molecular complexity index is 289. The van der Waals surface area contributed by atoms with Gasteiger partial charge in [-0.3, -0.25) is 0 Å². The van der Waals surface area contributed by atoms with Crippen LogP contribution in [0.25, 0.3) is 0 Å². The van der Waals surface area contributed by atoms with Crippen LogP contribution in [-0.4, -0.2) is 6.04 Å². The Kier molecular flexibility index (Phi) is 5.54.